The number of imidazole rings is 1. The van der Waals surface area contributed by atoms with E-state index in [9.17, 15) is 18.0 Å². The maximum absolute atomic E-state index is 14.0. The maximum atomic E-state index is 14.0. The summed E-state index contributed by atoms with van der Waals surface area (Å²) in [6.07, 6.45) is -3.93. The molecule has 2 N–H and O–H groups in total. The molecule has 0 bridgehead atoms. The zero-order chi connectivity index (χ0) is 23.9. The van der Waals surface area contributed by atoms with Crippen LogP contribution in [0.1, 0.15) is 16.1 Å². The Kier molecular flexibility index (Phi) is 5.33. The van der Waals surface area contributed by atoms with Crippen molar-refractivity contribution in [2.75, 3.05) is 5.32 Å². The minimum Gasteiger partial charge on any atom is -0.338 e. The van der Waals surface area contributed by atoms with Crippen LogP contribution in [0.25, 0.3) is 28.1 Å². The number of hydrogen-bond donors (Lipinski definition) is 2. The second-order valence-corrected chi connectivity index (χ2v) is 7.83. The molecule has 0 aliphatic heterocycles. The van der Waals surface area contributed by atoms with E-state index in [1.54, 1.807) is 24.3 Å². The number of H-pyrrole nitrogens is 1. The number of fused-ring (bicyclic) bond motifs is 1. The number of rotatable bonds is 4. The molecule has 0 saturated heterocycles. The lowest BCUT2D eigenvalue weighted by Gasteiger charge is -2.14. The molecule has 2 aromatic heterocycles. The van der Waals surface area contributed by atoms with Gasteiger partial charge in [-0.1, -0.05) is 35.9 Å². The minimum absolute atomic E-state index is 0.124. The lowest BCUT2D eigenvalue weighted by Crippen LogP contribution is -2.21. The number of amides is 1. The average molecular weight is 482 g/mol. The number of benzene rings is 3. The topological polar surface area (TPSA) is 75.6 Å². The third kappa shape index (κ3) is 4.01. The molecule has 0 aliphatic rings. The van der Waals surface area contributed by atoms with Crippen LogP contribution in [0.15, 0.2) is 79.0 Å². The Balaban J connectivity index is 1.53. The first kappa shape index (κ1) is 21.7. The molecule has 0 unspecified atom stereocenters. The van der Waals surface area contributed by atoms with E-state index in [1.807, 2.05) is 24.3 Å². The normalized spacial score (nSPS) is 11.6. The molecule has 0 saturated carbocycles. The molecule has 6 nitrogen and oxygen atoms in total. The van der Waals surface area contributed by atoms with Gasteiger partial charge >= 0.3 is 6.18 Å². The molecule has 1 amide bonds. The van der Waals surface area contributed by atoms with Crippen molar-refractivity contribution < 1.29 is 18.0 Å². The van der Waals surface area contributed by atoms with Gasteiger partial charge in [-0.05, 0) is 48.5 Å². The van der Waals surface area contributed by atoms with Crippen LogP contribution in [-0.2, 0) is 6.18 Å². The smallest absolute Gasteiger partial charge is 0.338 e. The van der Waals surface area contributed by atoms with Gasteiger partial charge in [0.25, 0.3) is 5.91 Å². The van der Waals surface area contributed by atoms with Crippen molar-refractivity contribution >= 4 is 34.2 Å². The van der Waals surface area contributed by atoms with Crippen LogP contribution in [0.2, 0.25) is 5.02 Å². The molecule has 2 heterocycles. The largest absolute Gasteiger partial charge is 0.434 e. The fourth-order valence-electron chi connectivity index (χ4n) is 3.63. The average Bonchev–Trinajstić information content (AvgIpc) is 3.45. The number of nitrogens with zero attached hydrogens (tertiary/aromatic N) is 3. The first-order valence-electron chi connectivity index (χ1n) is 10.1. The van der Waals surface area contributed by atoms with Crippen LogP contribution in [0.5, 0.6) is 0 Å². The second-order valence-electron chi connectivity index (χ2n) is 7.40. The number of hydrogen-bond acceptors (Lipinski definition) is 3. The highest BCUT2D eigenvalue weighted by molar-refractivity contribution is 6.30. The lowest BCUT2D eigenvalue weighted by molar-refractivity contribution is -0.143. The zero-order valence-electron chi connectivity index (χ0n) is 17.3. The van der Waals surface area contributed by atoms with E-state index in [0.29, 0.717) is 26.8 Å². The molecule has 3 aromatic carbocycles. The number of carbonyl (C=O) groups excluding carboxylic acids is 1. The van der Waals surface area contributed by atoms with Gasteiger partial charge in [0.1, 0.15) is 5.82 Å². The van der Waals surface area contributed by atoms with Gasteiger partial charge in [0.05, 0.1) is 34.2 Å². The molecule has 5 rings (SSSR count). The van der Waals surface area contributed by atoms with Gasteiger partial charge in [-0.2, -0.15) is 18.3 Å². The molecule has 170 valence electrons. The quantitative estimate of drug-likeness (QED) is 0.314. The van der Waals surface area contributed by atoms with Crippen LogP contribution in [0.4, 0.5) is 18.9 Å². The summed E-state index contributed by atoms with van der Waals surface area (Å²) in [5.41, 5.74) is 0.683. The van der Waals surface area contributed by atoms with Gasteiger partial charge < -0.3 is 10.3 Å². The Morgan fingerprint density at radius 2 is 1.68 bits per heavy atom. The third-order valence-electron chi connectivity index (χ3n) is 5.17. The van der Waals surface area contributed by atoms with Crippen LogP contribution < -0.4 is 5.32 Å². The summed E-state index contributed by atoms with van der Waals surface area (Å²) in [4.78, 5) is 20.7. The Labute approximate surface area is 196 Å². The van der Waals surface area contributed by atoms with Gasteiger partial charge in [-0.3, -0.25) is 4.79 Å². The van der Waals surface area contributed by atoms with E-state index in [2.05, 4.69) is 20.4 Å². The van der Waals surface area contributed by atoms with Gasteiger partial charge in [-0.25, -0.2) is 9.67 Å². The molecular weight excluding hydrogens is 467 g/mol. The number of aromatic nitrogens is 4. The molecule has 0 aliphatic carbocycles. The molecular formula is C24H15ClF3N5O. The van der Waals surface area contributed by atoms with E-state index in [-0.39, 0.29) is 5.69 Å². The van der Waals surface area contributed by atoms with Crippen molar-refractivity contribution in [1.29, 1.82) is 0 Å². The molecule has 5 aromatic rings. The van der Waals surface area contributed by atoms with Crippen molar-refractivity contribution in [2.45, 2.75) is 6.18 Å². The van der Waals surface area contributed by atoms with Crippen LogP contribution in [-0.4, -0.2) is 25.7 Å². The highest BCUT2D eigenvalue weighted by Crippen LogP contribution is 2.35. The summed E-state index contributed by atoms with van der Waals surface area (Å²) >= 11 is 5.84. The van der Waals surface area contributed by atoms with Crippen LogP contribution >= 0.6 is 11.6 Å². The van der Waals surface area contributed by atoms with Gasteiger partial charge in [0.15, 0.2) is 5.69 Å². The Morgan fingerprint density at radius 3 is 2.41 bits per heavy atom. The zero-order valence-corrected chi connectivity index (χ0v) is 18.0. The maximum Gasteiger partial charge on any atom is 0.434 e. The van der Waals surface area contributed by atoms with Crippen molar-refractivity contribution in [1.82, 2.24) is 19.7 Å². The summed E-state index contributed by atoms with van der Waals surface area (Å²) in [5.74, 6) is -0.471. The van der Waals surface area contributed by atoms with E-state index < -0.39 is 23.3 Å². The second kappa shape index (κ2) is 8.35. The first-order valence-corrected chi connectivity index (χ1v) is 10.5. The van der Waals surface area contributed by atoms with E-state index in [4.69, 9.17) is 11.6 Å². The Morgan fingerprint density at radius 1 is 0.971 bits per heavy atom. The van der Waals surface area contributed by atoms with Crippen molar-refractivity contribution in [3.63, 3.8) is 0 Å². The number of carbonyl (C=O) groups is 1. The third-order valence-corrected chi connectivity index (χ3v) is 5.43. The standard InChI is InChI=1S/C24H15ClF3N5O/c25-14-9-11-15(12-10-14)33-21(24(26,27)28)17(13-29-33)23(34)32-18-6-2-1-5-16(18)22-30-19-7-3-4-8-20(19)31-22/h1-13H,(H,30,31)(H,32,34). The predicted octanol–water partition coefficient (Wildman–Crippen LogP) is 6.34. The summed E-state index contributed by atoms with van der Waals surface area (Å²) < 4.78 is 42.6. The van der Waals surface area contributed by atoms with Gasteiger partial charge in [0, 0.05) is 10.6 Å². The molecule has 0 radical (unpaired) electrons. The van der Waals surface area contributed by atoms with Crippen molar-refractivity contribution in [3.8, 4) is 17.1 Å². The van der Waals surface area contributed by atoms with Gasteiger partial charge in [0.2, 0.25) is 0 Å². The molecule has 0 spiro atoms. The summed E-state index contributed by atoms with van der Waals surface area (Å²) in [6, 6.07) is 19.8. The molecule has 10 heteroatoms. The SMILES string of the molecule is O=C(Nc1ccccc1-c1nc2ccccc2[nH]1)c1cnn(-c2ccc(Cl)cc2)c1C(F)(F)F. The molecule has 0 atom stereocenters. The molecule has 0 fully saturated rings. The van der Waals surface area contributed by atoms with E-state index >= 15 is 0 Å². The van der Waals surface area contributed by atoms with Crippen molar-refractivity contribution in [3.05, 3.63) is 95.3 Å². The van der Waals surface area contributed by atoms with Gasteiger partial charge in [-0.15, -0.1) is 0 Å². The number of nitrogens with one attached hydrogen (secondary N) is 2. The number of para-hydroxylation sites is 3. The highest BCUT2D eigenvalue weighted by Gasteiger charge is 2.40. The number of alkyl halides is 3. The first-order chi connectivity index (χ1) is 16.3. The van der Waals surface area contributed by atoms with Crippen molar-refractivity contribution in [2.24, 2.45) is 0 Å². The minimum atomic E-state index is -4.83. The number of anilines is 1. The predicted molar refractivity (Wildman–Crippen MR) is 123 cm³/mol. The summed E-state index contributed by atoms with van der Waals surface area (Å²) in [7, 11) is 0. The fourth-order valence-corrected chi connectivity index (χ4v) is 3.76. The van der Waals surface area contributed by atoms with E-state index in [1.165, 1.54) is 24.3 Å². The van der Waals surface area contributed by atoms with Crippen LogP contribution in [0.3, 0.4) is 0 Å². The summed E-state index contributed by atoms with van der Waals surface area (Å²) in [5, 5.41) is 6.78. The number of halogens is 4. The Hall–Kier alpha value is -4.11. The Bertz CT molecular complexity index is 1470. The number of aromatic amines is 1. The summed E-state index contributed by atoms with van der Waals surface area (Å²) in [6.45, 7) is 0. The molecule has 34 heavy (non-hydrogen) atoms. The van der Waals surface area contributed by atoms with E-state index in [0.717, 1.165) is 17.2 Å². The fraction of sp³-hybridized carbons (Fsp3) is 0.0417. The monoisotopic (exact) mass is 481 g/mol. The van der Waals surface area contributed by atoms with Crippen LogP contribution in [0, 0.1) is 0 Å². The lowest BCUT2D eigenvalue weighted by atomic mass is 10.1. The highest BCUT2D eigenvalue weighted by atomic mass is 35.5.